The molecule has 1 aliphatic rings. The predicted molar refractivity (Wildman–Crippen MR) is 95.7 cm³/mol. The standard InChI is InChI=1S/C17H16ClF2N3O3S/c18-12-3-6-16(21-9-12)22-17(24)11-2-1-7-23(10-11)27(25,26)15-8-13(19)4-5-14(15)20/h3-6,8-9,11H,1-2,7,10H2,(H,21,22,24). The number of aromatic nitrogens is 1. The fourth-order valence-electron chi connectivity index (χ4n) is 2.87. The summed E-state index contributed by atoms with van der Waals surface area (Å²) in [5.74, 6) is -2.63. The van der Waals surface area contributed by atoms with Crippen LogP contribution in [0.5, 0.6) is 0 Å². The Balaban J connectivity index is 1.76. The highest BCUT2D eigenvalue weighted by molar-refractivity contribution is 7.89. The number of piperidine rings is 1. The van der Waals surface area contributed by atoms with Crippen molar-refractivity contribution in [2.24, 2.45) is 5.92 Å². The molecule has 1 fully saturated rings. The molecule has 0 bridgehead atoms. The Morgan fingerprint density at radius 3 is 2.74 bits per heavy atom. The molecule has 6 nitrogen and oxygen atoms in total. The van der Waals surface area contributed by atoms with Gasteiger partial charge in [0.2, 0.25) is 15.9 Å². The number of hydrogen-bond donors (Lipinski definition) is 1. The lowest BCUT2D eigenvalue weighted by atomic mass is 9.99. The van der Waals surface area contributed by atoms with Gasteiger partial charge in [-0.15, -0.1) is 0 Å². The number of hydrogen-bond acceptors (Lipinski definition) is 4. The van der Waals surface area contributed by atoms with Gasteiger partial charge in [0.25, 0.3) is 0 Å². The molecule has 10 heteroatoms. The number of carbonyl (C=O) groups is 1. The topological polar surface area (TPSA) is 79.4 Å². The molecule has 1 amide bonds. The normalized spacial score (nSPS) is 18.3. The molecular weight excluding hydrogens is 400 g/mol. The second kappa shape index (κ2) is 7.87. The van der Waals surface area contributed by atoms with Gasteiger partial charge in [-0.25, -0.2) is 22.2 Å². The molecule has 2 heterocycles. The summed E-state index contributed by atoms with van der Waals surface area (Å²) in [6.07, 6.45) is 2.26. The summed E-state index contributed by atoms with van der Waals surface area (Å²) in [6, 6.07) is 5.35. The molecule has 2 aromatic rings. The number of nitrogens with zero attached hydrogens (tertiary/aromatic N) is 2. The smallest absolute Gasteiger partial charge is 0.246 e. The Morgan fingerprint density at radius 2 is 2.04 bits per heavy atom. The molecular formula is C17H16ClF2N3O3S. The lowest BCUT2D eigenvalue weighted by Crippen LogP contribution is -2.44. The third-order valence-corrected chi connectivity index (χ3v) is 6.35. The molecule has 27 heavy (non-hydrogen) atoms. The van der Waals surface area contributed by atoms with E-state index in [2.05, 4.69) is 10.3 Å². The van der Waals surface area contributed by atoms with E-state index >= 15 is 0 Å². The Kier molecular flexibility index (Phi) is 5.73. The summed E-state index contributed by atoms with van der Waals surface area (Å²) in [5.41, 5.74) is 0. The Bertz CT molecular complexity index is 954. The van der Waals surface area contributed by atoms with Crippen molar-refractivity contribution >= 4 is 33.3 Å². The average molecular weight is 416 g/mol. The van der Waals surface area contributed by atoms with E-state index in [1.165, 1.54) is 12.3 Å². The van der Waals surface area contributed by atoms with Crippen molar-refractivity contribution in [1.82, 2.24) is 9.29 Å². The van der Waals surface area contributed by atoms with E-state index in [4.69, 9.17) is 11.6 Å². The predicted octanol–water partition coefficient (Wildman–Crippen LogP) is 3.05. The number of amides is 1. The van der Waals surface area contributed by atoms with Crippen LogP contribution in [0.25, 0.3) is 0 Å². The molecule has 0 saturated carbocycles. The molecule has 3 rings (SSSR count). The zero-order chi connectivity index (χ0) is 19.6. The number of halogens is 3. The van der Waals surface area contributed by atoms with Crippen LogP contribution < -0.4 is 5.32 Å². The molecule has 144 valence electrons. The molecule has 0 radical (unpaired) electrons. The van der Waals surface area contributed by atoms with Gasteiger partial charge in [-0.1, -0.05) is 11.6 Å². The molecule has 1 N–H and O–H groups in total. The Morgan fingerprint density at radius 1 is 1.26 bits per heavy atom. The molecule has 1 aromatic carbocycles. The van der Waals surface area contributed by atoms with Crippen LogP contribution in [0.15, 0.2) is 41.4 Å². The lowest BCUT2D eigenvalue weighted by Gasteiger charge is -2.31. The number of pyridine rings is 1. The number of sulfonamides is 1. The molecule has 1 aliphatic heterocycles. The summed E-state index contributed by atoms with van der Waals surface area (Å²) >= 11 is 5.74. The maximum atomic E-state index is 13.9. The first kappa shape index (κ1) is 19.7. The number of nitrogens with one attached hydrogen (secondary N) is 1. The first-order valence-electron chi connectivity index (χ1n) is 8.15. The van der Waals surface area contributed by atoms with Crippen molar-refractivity contribution in [3.8, 4) is 0 Å². The van der Waals surface area contributed by atoms with Crippen molar-refractivity contribution in [1.29, 1.82) is 0 Å². The van der Waals surface area contributed by atoms with Gasteiger partial charge in [0, 0.05) is 19.3 Å². The van der Waals surface area contributed by atoms with Crippen molar-refractivity contribution in [3.05, 3.63) is 53.2 Å². The summed E-state index contributed by atoms with van der Waals surface area (Å²) in [6.45, 7) is -0.00102. The van der Waals surface area contributed by atoms with E-state index in [-0.39, 0.29) is 13.1 Å². The summed E-state index contributed by atoms with van der Waals surface area (Å²) in [5, 5.41) is 3.02. The van der Waals surface area contributed by atoms with Gasteiger partial charge in [0.05, 0.1) is 10.9 Å². The first-order valence-corrected chi connectivity index (χ1v) is 9.97. The van der Waals surface area contributed by atoms with E-state index < -0.39 is 38.4 Å². The fourth-order valence-corrected chi connectivity index (χ4v) is 4.58. The Hall–Kier alpha value is -2.10. The van der Waals surface area contributed by atoms with Crippen LogP contribution in [0.2, 0.25) is 5.02 Å². The third-order valence-electron chi connectivity index (χ3n) is 4.24. The van der Waals surface area contributed by atoms with Gasteiger partial charge in [-0.05, 0) is 43.2 Å². The highest BCUT2D eigenvalue weighted by Crippen LogP contribution is 2.26. The highest BCUT2D eigenvalue weighted by Gasteiger charge is 2.35. The Labute approximate surface area is 160 Å². The van der Waals surface area contributed by atoms with Crippen LogP contribution >= 0.6 is 11.6 Å². The highest BCUT2D eigenvalue weighted by atomic mass is 35.5. The van der Waals surface area contributed by atoms with E-state index in [1.54, 1.807) is 6.07 Å². The fraction of sp³-hybridized carbons (Fsp3) is 0.294. The lowest BCUT2D eigenvalue weighted by molar-refractivity contribution is -0.120. The average Bonchev–Trinajstić information content (AvgIpc) is 2.65. The maximum Gasteiger partial charge on any atom is 0.246 e. The largest absolute Gasteiger partial charge is 0.310 e. The summed E-state index contributed by atoms with van der Waals surface area (Å²) < 4.78 is 53.7. The van der Waals surface area contributed by atoms with Gasteiger partial charge in [0.1, 0.15) is 22.3 Å². The van der Waals surface area contributed by atoms with Crippen LogP contribution in [-0.2, 0) is 14.8 Å². The molecule has 1 saturated heterocycles. The molecule has 1 unspecified atom stereocenters. The van der Waals surface area contributed by atoms with Crippen molar-refractivity contribution in [3.63, 3.8) is 0 Å². The van der Waals surface area contributed by atoms with Gasteiger partial charge in [-0.3, -0.25) is 4.79 Å². The minimum Gasteiger partial charge on any atom is -0.310 e. The number of benzene rings is 1. The first-order chi connectivity index (χ1) is 12.8. The van der Waals surface area contributed by atoms with Crippen LogP contribution in [0.3, 0.4) is 0 Å². The molecule has 1 atom stereocenters. The number of rotatable bonds is 4. The zero-order valence-corrected chi connectivity index (χ0v) is 15.6. The minimum absolute atomic E-state index is 0.126. The monoisotopic (exact) mass is 415 g/mol. The second-order valence-electron chi connectivity index (χ2n) is 6.13. The van der Waals surface area contributed by atoms with E-state index in [9.17, 15) is 22.0 Å². The SMILES string of the molecule is O=C(Nc1ccc(Cl)cn1)C1CCCN(S(=O)(=O)c2cc(F)ccc2F)C1. The van der Waals surface area contributed by atoms with Gasteiger partial charge in [-0.2, -0.15) is 4.31 Å². The van der Waals surface area contributed by atoms with Crippen molar-refractivity contribution in [2.45, 2.75) is 17.7 Å². The van der Waals surface area contributed by atoms with Crippen LogP contribution in [0, 0.1) is 17.6 Å². The van der Waals surface area contributed by atoms with Gasteiger partial charge in [0.15, 0.2) is 0 Å². The zero-order valence-electron chi connectivity index (χ0n) is 14.0. The summed E-state index contributed by atoms with van der Waals surface area (Å²) in [4.78, 5) is 15.7. The van der Waals surface area contributed by atoms with E-state index in [1.807, 2.05) is 0 Å². The van der Waals surface area contributed by atoms with Crippen molar-refractivity contribution in [2.75, 3.05) is 18.4 Å². The van der Waals surface area contributed by atoms with Crippen LogP contribution in [-0.4, -0.2) is 36.7 Å². The quantitative estimate of drug-likeness (QED) is 0.832. The van der Waals surface area contributed by atoms with Crippen LogP contribution in [0.1, 0.15) is 12.8 Å². The molecule has 0 aliphatic carbocycles. The summed E-state index contributed by atoms with van der Waals surface area (Å²) in [7, 11) is -4.25. The number of anilines is 1. The van der Waals surface area contributed by atoms with Gasteiger partial charge >= 0.3 is 0 Å². The van der Waals surface area contributed by atoms with Crippen molar-refractivity contribution < 1.29 is 22.0 Å². The van der Waals surface area contributed by atoms with E-state index in [0.29, 0.717) is 29.7 Å². The maximum absolute atomic E-state index is 13.9. The minimum atomic E-state index is -4.25. The van der Waals surface area contributed by atoms with Gasteiger partial charge < -0.3 is 5.32 Å². The molecule has 0 spiro atoms. The third kappa shape index (κ3) is 4.42. The second-order valence-corrected chi connectivity index (χ2v) is 8.47. The van der Waals surface area contributed by atoms with E-state index in [0.717, 1.165) is 16.4 Å². The van der Waals surface area contributed by atoms with Crippen LogP contribution in [0.4, 0.5) is 14.6 Å². The number of carbonyl (C=O) groups excluding carboxylic acids is 1. The molecule has 1 aromatic heterocycles.